The van der Waals surface area contributed by atoms with Gasteiger partial charge in [0.2, 0.25) is 11.8 Å². The van der Waals surface area contributed by atoms with E-state index in [1.807, 2.05) is 39.0 Å². The summed E-state index contributed by atoms with van der Waals surface area (Å²) < 4.78 is 16.7. The molecule has 0 spiro atoms. The largest absolute Gasteiger partial charge is 0.496 e. The lowest BCUT2D eigenvalue weighted by atomic mass is 9.93. The first kappa shape index (κ1) is 44.5. The smallest absolute Gasteiger partial charge is 0.345 e. The van der Waals surface area contributed by atoms with Gasteiger partial charge in [-0.3, -0.25) is 14.4 Å². The third-order valence-electron chi connectivity index (χ3n) is 9.34. The lowest BCUT2D eigenvalue weighted by molar-refractivity contribution is -0.171. The van der Waals surface area contributed by atoms with Crippen LogP contribution in [0.2, 0.25) is 0 Å². The molecule has 1 saturated heterocycles. The minimum absolute atomic E-state index is 0.00288. The van der Waals surface area contributed by atoms with E-state index in [2.05, 4.69) is 73.6 Å². The minimum Gasteiger partial charge on any atom is -0.496 e. The molecule has 1 aliphatic rings. The van der Waals surface area contributed by atoms with Crippen molar-refractivity contribution in [3.05, 3.63) is 76.9 Å². The molecular formula is C42H61N3O8S. The van der Waals surface area contributed by atoms with Crippen molar-refractivity contribution in [3.8, 4) is 5.75 Å². The molecule has 0 radical (unpaired) electrons. The topological polar surface area (TPSA) is 156 Å². The van der Waals surface area contributed by atoms with E-state index in [-0.39, 0.29) is 48.2 Å². The number of benzene rings is 2. The number of hydrogen-bond donors (Lipinski definition) is 5. The van der Waals surface area contributed by atoms with Gasteiger partial charge in [0.05, 0.1) is 18.6 Å². The molecule has 298 valence electrons. The Morgan fingerprint density at radius 3 is 2.26 bits per heavy atom. The number of thiol groups is 1. The summed E-state index contributed by atoms with van der Waals surface area (Å²) in [5.41, 5.74) is 2.84. The van der Waals surface area contributed by atoms with Crippen molar-refractivity contribution in [2.45, 2.75) is 117 Å². The average Bonchev–Trinajstić information content (AvgIpc) is 3.89. The normalized spacial score (nSPS) is 17.5. The highest BCUT2D eigenvalue weighted by Gasteiger charge is 2.43. The molecule has 2 aromatic carbocycles. The number of ether oxygens (including phenoxy) is 3. The van der Waals surface area contributed by atoms with Crippen LogP contribution in [-0.4, -0.2) is 72.1 Å². The second-order valence-corrected chi connectivity index (χ2v) is 17.4. The summed E-state index contributed by atoms with van der Waals surface area (Å²) in [6.45, 7) is 16.5. The van der Waals surface area contributed by atoms with Gasteiger partial charge in [0.25, 0.3) is 0 Å². The second-order valence-electron chi connectivity index (χ2n) is 16.2. The number of epoxide rings is 1. The molecule has 3 rings (SSSR count). The fraction of sp³-hybridized carbons (Fsp3) is 0.571. The highest BCUT2D eigenvalue weighted by Crippen LogP contribution is 2.44. The van der Waals surface area contributed by atoms with Crippen LogP contribution in [0, 0.1) is 24.2 Å². The molecule has 54 heavy (non-hydrogen) atoms. The molecular weight excluding hydrogens is 707 g/mol. The molecule has 5 atom stereocenters. The number of allylic oxidation sites excluding steroid dienone is 1. The molecule has 1 fully saturated rings. The summed E-state index contributed by atoms with van der Waals surface area (Å²) in [7, 11) is 1.58. The van der Waals surface area contributed by atoms with Gasteiger partial charge in [-0.15, -0.1) is 0 Å². The number of esters is 1. The Morgan fingerprint density at radius 1 is 1.00 bits per heavy atom. The average molecular weight is 768 g/mol. The van der Waals surface area contributed by atoms with Gasteiger partial charge in [-0.05, 0) is 100 Å². The number of methoxy groups -OCH3 is 1. The fourth-order valence-corrected chi connectivity index (χ4v) is 6.14. The van der Waals surface area contributed by atoms with Crippen LogP contribution in [0.5, 0.6) is 5.75 Å². The number of amides is 2. The van der Waals surface area contributed by atoms with E-state index in [9.17, 15) is 24.3 Å². The number of carbonyl (C=O) groups excluding carboxylic acids is 3. The van der Waals surface area contributed by atoms with Gasteiger partial charge >= 0.3 is 11.9 Å². The molecule has 11 nitrogen and oxygen atoms in total. The number of rotatable bonds is 22. The van der Waals surface area contributed by atoms with Gasteiger partial charge in [0.15, 0.2) is 6.10 Å². The molecule has 2 aromatic rings. The van der Waals surface area contributed by atoms with E-state index in [1.54, 1.807) is 27.0 Å². The Bertz CT molecular complexity index is 1600. The standard InChI is InChI=1S/C42H61N3O8S/c1-26(2)20-34(39(48)49)52-40(50)41(5,6)24-44-38(47)32(22-30-16-19-33(51-9)28(4)21-30)45-35(46)13-11-10-12-27(3)36-37(53-36)31-17-14-29(15-18-31)23-43-25-42(7,8)54/h11,13-19,21,26-27,32,34,36-37,43,54H,10,12,20,22-25H2,1-9H3,(H,44,47)(H,45,46)(H,48,49)/b13-11+/t27-,32+,34-,36?,37+/m0/s1. The number of carbonyl (C=O) groups is 4. The maximum absolute atomic E-state index is 13.5. The molecule has 1 unspecified atom stereocenters. The van der Waals surface area contributed by atoms with Gasteiger partial charge < -0.3 is 35.3 Å². The summed E-state index contributed by atoms with van der Waals surface area (Å²) in [4.78, 5) is 51.3. The number of aryl methyl sites for hydroxylation is 1. The summed E-state index contributed by atoms with van der Waals surface area (Å²) in [5, 5.41) is 18.6. The van der Waals surface area contributed by atoms with Crippen LogP contribution in [0.15, 0.2) is 54.6 Å². The number of hydrogen-bond acceptors (Lipinski definition) is 9. The highest BCUT2D eigenvalue weighted by molar-refractivity contribution is 7.81. The van der Waals surface area contributed by atoms with E-state index < -0.39 is 41.3 Å². The highest BCUT2D eigenvalue weighted by atomic mass is 32.1. The van der Waals surface area contributed by atoms with Gasteiger partial charge in [-0.1, -0.05) is 63.2 Å². The van der Waals surface area contributed by atoms with Crippen LogP contribution in [-0.2, 0) is 41.6 Å². The molecule has 4 N–H and O–H groups in total. The SMILES string of the molecule is COc1ccc(C[C@@H](NC(=O)/C=C/CC[C@H](C)C2O[C@@H]2c2ccc(CNCC(C)(C)S)cc2)C(=O)NCC(C)(C)C(=O)O[C@@H](CC(C)C)C(=O)O)cc1C. The molecule has 2 amide bonds. The predicted molar refractivity (Wildman–Crippen MR) is 213 cm³/mol. The van der Waals surface area contributed by atoms with Crippen molar-refractivity contribution in [2.75, 3.05) is 20.2 Å². The Balaban J connectivity index is 1.56. The van der Waals surface area contributed by atoms with E-state index >= 15 is 0 Å². The number of nitrogens with one attached hydrogen (secondary N) is 3. The summed E-state index contributed by atoms with van der Waals surface area (Å²) in [6.07, 6.45) is 4.00. The van der Waals surface area contributed by atoms with Crippen LogP contribution >= 0.6 is 12.6 Å². The first-order valence-electron chi connectivity index (χ1n) is 18.8. The van der Waals surface area contributed by atoms with Crippen molar-refractivity contribution in [1.29, 1.82) is 0 Å². The molecule has 0 saturated carbocycles. The maximum atomic E-state index is 13.5. The van der Waals surface area contributed by atoms with Crippen LogP contribution in [0.1, 0.15) is 96.1 Å². The first-order chi connectivity index (χ1) is 25.3. The lowest BCUT2D eigenvalue weighted by Crippen LogP contribution is -2.51. The van der Waals surface area contributed by atoms with Crippen LogP contribution in [0.25, 0.3) is 0 Å². The Hall–Kier alpha value is -3.87. The van der Waals surface area contributed by atoms with E-state index in [0.717, 1.165) is 36.2 Å². The molecule has 0 bridgehead atoms. The third-order valence-corrected chi connectivity index (χ3v) is 9.50. The molecule has 1 heterocycles. The van der Waals surface area contributed by atoms with Crippen LogP contribution in [0.3, 0.4) is 0 Å². The van der Waals surface area contributed by atoms with Gasteiger partial charge in [0.1, 0.15) is 17.9 Å². The van der Waals surface area contributed by atoms with Crippen LogP contribution in [0.4, 0.5) is 0 Å². The monoisotopic (exact) mass is 767 g/mol. The van der Waals surface area contributed by atoms with Crippen molar-refractivity contribution in [2.24, 2.45) is 17.3 Å². The maximum Gasteiger partial charge on any atom is 0.345 e. The summed E-state index contributed by atoms with van der Waals surface area (Å²) in [6, 6.07) is 13.1. The molecule has 1 aliphatic heterocycles. The van der Waals surface area contributed by atoms with Crippen molar-refractivity contribution < 1.29 is 38.5 Å². The van der Waals surface area contributed by atoms with Crippen LogP contribution < -0.4 is 20.7 Å². The first-order valence-corrected chi connectivity index (χ1v) is 19.2. The van der Waals surface area contributed by atoms with Gasteiger partial charge in [-0.25, -0.2) is 4.79 Å². The fourth-order valence-electron chi connectivity index (χ4n) is 6.03. The quantitative estimate of drug-likeness (QED) is 0.0412. The zero-order valence-electron chi connectivity index (χ0n) is 33.4. The predicted octanol–water partition coefficient (Wildman–Crippen LogP) is 6.13. The molecule has 0 aromatic heterocycles. The molecule has 12 heteroatoms. The Morgan fingerprint density at radius 2 is 1.67 bits per heavy atom. The zero-order valence-corrected chi connectivity index (χ0v) is 34.3. The van der Waals surface area contributed by atoms with E-state index in [4.69, 9.17) is 14.2 Å². The Kier molecular flexibility index (Phi) is 16.6. The summed E-state index contributed by atoms with van der Waals surface area (Å²) >= 11 is 4.56. The Labute approximate surface area is 326 Å². The zero-order chi connectivity index (χ0) is 40.2. The summed E-state index contributed by atoms with van der Waals surface area (Å²) in [5.74, 6) is -1.87. The lowest BCUT2D eigenvalue weighted by Gasteiger charge is -2.27. The van der Waals surface area contributed by atoms with Crippen molar-refractivity contribution in [3.63, 3.8) is 0 Å². The number of aliphatic carboxylic acids is 1. The van der Waals surface area contributed by atoms with Crippen molar-refractivity contribution >= 4 is 36.4 Å². The molecule has 0 aliphatic carbocycles. The number of carboxylic acid groups (broad SMARTS) is 1. The second kappa shape index (κ2) is 20.2. The van der Waals surface area contributed by atoms with Gasteiger partial charge in [-0.2, -0.15) is 12.6 Å². The van der Waals surface area contributed by atoms with E-state index in [0.29, 0.717) is 12.2 Å². The van der Waals surface area contributed by atoms with E-state index in [1.165, 1.54) is 11.6 Å². The van der Waals surface area contributed by atoms with Crippen molar-refractivity contribution in [1.82, 2.24) is 16.0 Å². The van der Waals surface area contributed by atoms with Gasteiger partial charge in [0, 0.05) is 30.8 Å². The minimum atomic E-state index is -1.28. The third kappa shape index (κ3) is 14.8. The number of carboxylic acids is 1.